The van der Waals surface area contributed by atoms with E-state index in [-0.39, 0.29) is 0 Å². The average molecular weight is 219 g/mol. The average Bonchev–Trinajstić information content (AvgIpc) is 2.71. The van der Waals surface area contributed by atoms with E-state index in [1.54, 1.807) is 0 Å². The summed E-state index contributed by atoms with van der Waals surface area (Å²) >= 11 is 0. The van der Waals surface area contributed by atoms with E-state index in [4.69, 9.17) is 5.73 Å². The molecule has 0 bridgehead atoms. The van der Waals surface area contributed by atoms with Crippen LogP contribution >= 0.6 is 0 Å². The minimum atomic E-state index is 0.691. The van der Waals surface area contributed by atoms with Crippen molar-refractivity contribution < 1.29 is 0 Å². The first kappa shape index (κ1) is 10.7. The zero-order valence-corrected chi connectivity index (χ0v) is 9.94. The van der Waals surface area contributed by atoms with E-state index in [0.717, 1.165) is 17.8 Å². The molecule has 2 aromatic heterocycles. The smallest absolute Gasteiger partial charge is 0.122 e. The summed E-state index contributed by atoms with van der Waals surface area (Å²) in [5, 5.41) is 8.74. The Bertz CT molecular complexity index is 494. The fourth-order valence-electron chi connectivity index (χ4n) is 1.87. The minimum Gasteiger partial charge on any atom is -0.384 e. The van der Waals surface area contributed by atoms with Crippen LogP contribution in [0.2, 0.25) is 0 Å². The summed E-state index contributed by atoms with van der Waals surface area (Å²) in [5.41, 5.74) is 9.09. The minimum absolute atomic E-state index is 0.691. The number of nitrogens with zero attached hydrogens (tertiary/aromatic N) is 4. The summed E-state index contributed by atoms with van der Waals surface area (Å²) in [5.74, 6) is 0.698. The molecule has 0 aliphatic carbocycles. The van der Waals surface area contributed by atoms with Gasteiger partial charge < -0.3 is 5.73 Å². The second-order valence-corrected chi connectivity index (χ2v) is 4.00. The Kier molecular flexibility index (Phi) is 2.68. The van der Waals surface area contributed by atoms with E-state index < -0.39 is 0 Å². The Hall–Kier alpha value is -1.78. The highest BCUT2D eigenvalue weighted by Crippen LogP contribution is 2.12. The third kappa shape index (κ3) is 1.93. The Balaban J connectivity index is 2.29. The van der Waals surface area contributed by atoms with Crippen LogP contribution in [0.5, 0.6) is 0 Å². The maximum Gasteiger partial charge on any atom is 0.122 e. The Morgan fingerprint density at radius 1 is 1.38 bits per heavy atom. The maximum absolute atomic E-state index is 5.86. The monoisotopic (exact) mass is 219 g/mol. The number of hydrogen-bond acceptors (Lipinski definition) is 3. The van der Waals surface area contributed by atoms with Crippen LogP contribution in [0.25, 0.3) is 0 Å². The van der Waals surface area contributed by atoms with Crippen LogP contribution in [0.15, 0.2) is 12.3 Å². The fourth-order valence-corrected chi connectivity index (χ4v) is 1.87. The van der Waals surface area contributed by atoms with E-state index in [9.17, 15) is 0 Å². The molecule has 5 nitrogen and oxygen atoms in total. The highest BCUT2D eigenvalue weighted by molar-refractivity contribution is 5.31. The number of aryl methyl sites for hydroxylation is 3. The van der Waals surface area contributed by atoms with Gasteiger partial charge in [0.05, 0.1) is 17.9 Å². The highest BCUT2D eigenvalue weighted by Gasteiger charge is 2.09. The summed E-state index contributed by atoms with van der Waals surface area (Å²) in [6.45, 7) is 4.73. The number of rotatable bonds is 3. The van der Waals surface area contributed by atoms with Gasteiger partial charge in [-0.05, 0) is 13.3 Å². The van der Waals surface area contributed by atoms with E-state index in [0.29, 0.717) is 12.4 Å². The van der Waals surface area contributed by atoms with Gasteiger partial charge in [-0.1, -0.05) is 6.92 Å². The molecule has 2 rings (SSSR count). The van der Waals surface area contributed by atoms with Crippen LogP contribution in [0.4, 0.5) is 5.82 Å². The summed E-state index contributed by atoms with van der Waals surface area (Å²) in [6, 6.07) is 1.88. The van der Waals surface area contributed by atoms with Crippen molar-refractivity contribution in [3.05, 3.63) is 29.2 Å². The van der Waals surface area contributed by atoms with Crippen molar-refractivity contribution >= 4 is 5.82 Å². The van der Waals surface area contributed by atoms with Crippen LogP contribution in [-0.2, 0) is 20.0 Å². The number of nitrogens with two attached hydrogens (primary N) is 1. The molecule has 86 valence electrons. The molecule has 0 unspecified atom stereocenters. The van der Waals surface area contributed by atoms with Gasteiger partial charge in [0.15, 0.2) is 0 Å². The molecule has 0 saturated heterocycles. The molecular weight excluding hydrogens is 202 g/mol. The first-order chi connectivity index (χ1) is 7.60. The van der Waals surface area contributed by atoms with Crippen molar-refractivity contribution in [3.8, 4) is 0 Å². The Labute approximate surface area is 94.9 Å². The second kappa shape index (κ2) is 4.00. The zero-order chi connectivity index (χ0) is 11.7. The number of hydrogen-bond donors (Lipinski definition) is 1. The number of anilines is 1. The molecule has 2 heterocycles. The lowest BCUT2D eigenvalue weighted by atomic mass is 10.2. The quantitative estimate of drug-likeness (QED) is 0.841. The molecule has 2 aromatic rings. The van der Waals surface area contributed by atoms with Crippen molar-refractivity contribution in [2.75, 3.05) is 5.73 Å². The third-order valence-corrected chi connectivity index (χ3v) is 2.58. The van der Waals surface area contributed by atoms with Gasteiger partial charge >= 0.3 is 0 Å². The molecule has 16 heavy (non-hydrogen) atoms. The van der Waals surface area contributed by atoms with Gasteiger partial charge in [-0.2, -0.15) is 10.2 Å². The lowest BCUT2D eigenvalue weighted by molar-refractivity contribution is 0.684. The molecule has 2 N–H and O–H groups in total. The summed E-state index contributed by atoms with van der Waals surface area (Å²) < 4.78 is 3.65. The Morgan fingerprint density at radius 2 is 2.12 bits per heavy atom. The number of aromatic nitrogens is 4. The largest absolute Gasteiger partial charge is 0.384 e. The molecule has 0 atom stereocenters. The van der Waals surface area contributed by atoms with E-state index >= 15 is 0 Å². The molecule has 0 aliphatic heterocycles. The van der Waals surface area contributed by atoms with Crippen molar-refractivity contribution in [1.82, 2.24) is 19.6 Å². The van der Waals surface area contributed by atoms with Gasteiger partial charge in [0.2, 0.25) is 0 Å². The fraction of sp³-hybridized carbons (Fsp3) is 0.455. The lowest BCUT2D eigenvalue weighted by Gasteiger charge is -2.03. The van der Waals surface area contributed by atoms with Crippen LogP contribution in [0.3, 0.4) is 0 Å². The third-order valence-electron chi connectivity index (χ3n) is 2.58. The van der Waals surface area contributed by atoms with Gasteiger partial charge in [0, 0.05) is 24.9 Å². The van der Waals surface area contributed by atoms with Crippen LogP contribution < -0.4 is 5.73 Å². The normalized spacial score (nSPS) is 10.9. The topological polar surface area (TPSA) is 61.7 Å². The van der Waals surface area contributed by atoms with Crippen LogP contribution in [-0.4, -0.2) is 19.6 Å². The first-order valence-electron chi connectivity index (χ1n) is 5.41. The zero-order valence-electron chi connectivity index (χ0n) is 9.94. The van der Waals surface area contributed by atoms with Gasteiger partial charge in [-0.25, -0.2) is 4.68 Å². The van der Waals surface area contributed by atoms with E-state index in [2.05, 4.69) is 17.1 Å². The van der Waals surface area contributed by atoms with Crippen molar-refractivity contribution in [3.63, 3.8) is 0 Å². The molecule has 5 heteroatoms. The van der Waals surface area contributed by atoms with Gasteiger partial charge in [-0.15, -0.1) is 0 Å². The SMILES string of the molecule is CCc1nn(C)cc1Cn1nc(C)cc1N. The van der Waals surface area contributed by atoms with Gasteiger partial charge in [0.1, 0.15) is 5.82 Å². The lowest BCUT2D eigenvalue weighted by Crippen LogP contribution is -2.06. The highest BCUT2D eigenvalue weighted by atomic mass is 15.3. The van der Waals surface area contributed by atoms with E-state index in [1.165, 1.54) is 5.56 Å². The van der Waals surface area contributed by atoms with Crippen molar-refractivity contribution in [2.24, 2.45) is 7.05 Å². The van der Waals surface area contributed by atoms with Gasteiger partial charge in [-0.3, -0.25) is 4.68 Å². The van der Waals surface area contributed by atoms with Crippen molar-refractivity contribution in [1.29, 1.82) is 0 Å². The standard InChI is InChI=1S/C11H17N5/c1-4-10-9(6-15(3)14-10)7-16-11(12)5-8(2)13-16/h5-6H,4,7,12H2,1-3H3. The maximum atomic E-state index is 5.86. The molecule has 0 spiro atoms. The van der Waals surface area contributed by atoms with Crippen LogP contribution in [0.1, 0.15) is 23.9 Å². The molecule has 0 aliphatic rings. The van der Waals surface area contributed by atoms with Gasteiger partial charge in [0.25, 0.3) is 0 Å². The first-order valence-corrected chi connectivity index (χ1v) is 5.41. The molecule has 0 saturated carbocycles. The summed E-state index contributed by atoms with van der Waals surface area (Å²) in [6.07, 6.45) is 2.95. The number of nitrogen functional groups attached to an aromatic ring is 1. The van der Waals surface area contributed by atoms with Crippen molar-refractivity contribution in [2.45, 2.75) is 26.8 Å². The molecular formula is C11H17N5. The van der Waals surface area contributed by atoms with Crippen LogP contribution in [0, 0.1) is 6.92 Å². The summed E-state index contributed by atoms with van der Waals surface area (Å²) in [7, 11) is 1.93. The Morgan fingerprint density at radius 3 is 2.69 bits per heavy atom. The second-order valence-electron chi connectivity index (χ2n) is 4.00. The predicted octanol–water partition coefficient (Wildman–Crippen LogP) is 1.12. The summed E-state index contributed by atoms with van der Waals surface area (Å²) in [4.78, 5) is 0. The molecule has 0 fully saturated rings. The molecule has 0 radical (unpaired) electrons. The molecule has 0 aromatic carbocycles. The molecule has 0 amide bonds. The predicted molar refractivity (Wildman–Crippen MR) is 63.1 cm³/mol. The van der Waals surface area contributed by atoms with E-state index in [1.807, 2.05) is 35.6 Å².